The van der Waals surface area contributed by atoms with E-state index in [1.54, 1.807) is 0 Å². The van der Waals surface area contributed by atoms with Gasteiger partial charge < -0.3 is 13.3 Å². The fourth-order valence-electron chi connectivity index (χ4n) is 1.62. The fourth-order valence-corrected chi connectivity index (χ4v) is 6.24. The van der Waals surface area contributed by atoms with Crippen LogP contribution in [0.15, 0.2) is 0 Å². The van der Waals surface area contributed by atoms with Gasteiger partial charge in [-0.25, -0.2) is 0 Å². The molecule has 18 heavy (non-hydrogen) atoms. The topological polar surface area (TPSA) is 27.7 Å². The number of hydrogen-bond donors (Lipinski definition) is 0. The highest BCUT2D eigenvalue weighted by Crippen LogP contribution is 2.27. The predicted molar refractivity (Wildman–Crippen MR) is 85.5 cm³/mol. The Labute approximate surface area is 130 Å². The zero-order valence-electron chi connectivity index (χ0n) is 12.2. The van der Waals surface area contributed by atoms with Crippen LogP contribution < -0.4 is 0 Å². The summed E-state index contributed by atoms with van der Waals surface area (Å²) >= 11 is 7.00. The summed E-state index contributed by atoms with van der Waals surface area (Å²) in [4.78, 5) is 0. The number of halogens is 2. The van der Waals surface area contributed by atoms with E-state index in [4.69, 9.17) is 13.3 Å². The van der Waals surface area contributed by atoms with Crippen LogP contribution in [0.1, 0.15) is 48.0 Å². The van der Waals surface area contributed by atoms with Crippen molar-refractivity contribution in [3.05, 3.63) is 0 Å². The zero-order chi connectivity index (χ0) is 14.3. The molecule has 0 saturated carbocycles. The molecule has 0 aromatic carbocycles. The van der Waals surface area contributed by atoms with Gasteiger partial charge in [-0.05, 0) is 48.0 Å². The first-order chi connectivity index (χ1) is 8.17. The van der Waals surface area contributed by atoms with E-state index >= 15 is 0 Å². The van der Waals surface area contributed by atoms with Crippen molar-refractivity contribution in [2.45, 2.75) is 76.1 Å². The van der Waals surface area contributed by atoms with Gasteiger partial charge in [-0.15, -0.1) is 0 Å². The van der Waals surface area contributed by atoms with Crippen LogP contribution in [0.5, 0.6) is 0 Å². The quantitative estimate of drug-likeness (QED) is 0.410. The van der Waals surface area contributed by atoms with Gasteiger partial charge >= 0.3 is 8.80 Å². The van der Waals surface area contributed by atoms with Crippen LogP contribution in [-0.2, 0) is 13.3 Å². The maximum absolute atomic E-state index is 6.06. The van der Waals surface area contributed by atoms with E-state index in [1.165, 1.54) is 0 Å². The second kappa shape index (κ2) is 9.08. The molecule has 0 aliphatic heterocycles. The number of alkyl halides is 2. The van der Waals surface area contributed by atoms with Crippen molar-refractivity contribution >= 4 is 40.7 Å². The SMILES string of the molecule is CC(C)O[Si](CCC(Br)Br)(OC(C)C)OC(C)C. The average Bonchev–Trinajstić information content (AvgIpc) is 2.11. The summed E-state index contributed by atoms with van der Waals surface area (Å²) in [6.45, 7) is 12.1. The lowest BCUT2D eigenvalue weighted by molar-refractivity contribution is 0.00313. The summed E-state index contributed by atoms with van der Waals surface area (Å²) in [7, 11) is -2.61. The molecule has 0 rings (SSSR count). The molecule has 110 valence electrons. The molecule has 0 N–H and O–H groups in total. The summed E-state index contributed by atoms with van der Waals surface area (Å²) in [5.41, 5.74) is 0. The van der Waals surface area contributed by atoms with Crippen LogP contribution in [0, 0.1) is 0 Å². The lowest BCUT2D eigenvalue weighted by atomic mass is 10.5. The lowest BCUT2D eigenvalue weighted by Crippen LogP contribution is -2.50. The molecule has 0 bridgehead atoms. The van der Waals surface area contributed by atoms with Gasteiger partial charge in [0.1, 0.15) is 0 Å². The number of hydrogen-bond acceptors (Lipinski definition) is 3. The molecule has 0 aliphatic rings. The van der Waals surface area contributed by atoms with Crippen LogP contribution in [0.4, 0.5) is 0 Å². The third-order valence-electron chi connectivity index (χ3n) is 1.91. The second-order valence-corrected chi connectivity index (χ2v) is 11.1. The molecular formula is C12H26Br2O3Si. The monoisotopic (exact) mass is 404 g/mol. The van der Waals surface area contributed by atoms with Crippen molar-refractivity contribution < 1.29 is 13.3 Å². The van der Waals surface area contributed by atoms with Crippen LogP contribution in [0.25, 0.3) is 0 Å². The Bertz CT molecular complexity index is 197. The smallest absolute Gasteiger partial charge is 0.371 e. The maximum atomic E-state index is 6.06. The molecule has 0 unspecified atom stereocenters. The Kier molecular flexibility index (Phi) is 9.61. The Morgan fingerprint density at radius 3 is 1.33 bits per heavy atom. The molecule has 0 aromatic rings. The minimum atomic E-state index is -2.61. The highest BCUT2D eigenvalue weighted by Gasteiger charge is 2.44. The maximum Gasteiger partial charge on any atom is 0.501 e. The minimum absolute atomic E-state index is 0.110. The van der Waals surface area contributed by atoms with E-state index in [-0.39, 0.29) is 22.0 Å². The van der Waals surface area contributed by atoms with Gasteiger partial charge in [-0.2, -0.15) is 0 Å². The van der Waals surface area contributed by atoms with Crippen molar-refractivity contribution in [2.24, 2.45) is 0 Å². The van der Waals surface area contributed by atoms with E-state index in [0.29, 0.717) is 0 Å². The van der Waals surface area contributed by atoms with Crippen molar-refractivity contribution in [3.8, 4) is 0 Å². The van der Waals surface area contributed by atoms with Gasteiger partial charge in [-0.1, -0.05) is 31.9 Å². The molecule has 0 aliphatic carbocycles. The zero-order valence-corrected chi connectivity index (χ0v) is 16.4. The molecule has 0 spiro atoms. The van der Waals surface area contributed by atoms with Crippen LogP contribution in [0.3, 0.4) is 0 Å². The van der Waals surface area contributed by atoms with E-state index in [9.17, 15) is 0 Å². The van der Waals surface area contributed by atoms with Crippen molar-refractivity contribution in [2.75, 3.05) is 0 Å². The first-order valence-electron chi connectivity index (χ1n) is 6.48. The van der Waals surface area contributed by atoms with Gasteiger partial charge in [0.15, 0.2) is 0 Å². The van der Waals surface area contributed by atoms with Crippen LogP contribution in [-0.4, -0.2) is 30.9 Å². The lowest BCUT2D eigenvalue weighted by Gasteiger charge is -2.34. The fraction of sp³-hybridized carbons (Fsp3) is 1.00. The van der Waals surface area contributed by atoms with Gasteiger partial charge in [0.25, 0.3) is 0 Å². The standard InChI is InChI=1S/C12H26Br2O3Si/c1-9(2)15-18(16-10(3)4,17-11(5)6)8-7-12(13)14/h9-12H,7-8H2,1-6H3. The first kappa shape index (κ1) is 19.1. The molecule has 3 nitrogen and oxygen atoms in total. The summed E-state index contributed by atoms with van der Waals surface area (Å²) in [6, 6.07) is 0.808. The summed E-state index contributed by atoms with van der Waals surface area (Å²) < 4.78 is 18.5. The molecular weight excluding hydrogens is 380 g/mol. The van der Waals surface area contributed by atoms with E-state index in [1.807, 2.05) is 41.5 Å². The normalized spacial score (nSPS) is 13.3. The molecule has 0 amide bonds. The van der Waals surface area contributed by atoms with Crippen LogP contribution in [0.2, 0.25) is 6.04 Å². The van der Waals surface area contributed by atoms with Gasteiger partial charge in [0.05, 0.1) is 3.74 Å². The molecule has 0 heterocycles. The third kappa shape index (κ3) is 9.04. The molecule has 0 radical (unpaired) electrons. The molecule has 6 heteroatoms. The van der Waals surface area contributed by atoms with Crippen molar-refractivity contribution in [1.82, 2.24) is 0 Å². The van der Waals surface area contributed by atoms with Crippen molar-refractivity contribution in [3.63, 3.8) is 0 Å². The van der Waals surface area contributed by atoms with Gasteiger partial charge in [0, 0.05) is 24.4 Å². The summed E-state index contributed by atoms with van der Waals surface area (Å²) in [6.07, 6.45) is 1.24. The van der Waals surface area contributed by atoms with E-state index in [0.717, 1.165) is 12.5 Å². The average molecular weight is 406 g/mol. The van der Waals surface area contributed by atoms with E-state index in [2.05, 4.69) is 31.9 Å². The highest BCUT2D eigenvalue weighted by molar-refractivity contribution is 9.24. The van der Waals surface area contributed by atoms with E-state index < -0.39 is 8.80 Å². The highest BCUT2D eigenvalue weighted by atomic mass is 79.9. The van der Waals surface area contributed by atoms with Crippen molar-refractivity contribution in [1.29, 1.82) is 0 Å². The first-order valence-corrected chi connectivity index (χ1v) is 10.2. The van der Waals surface area contributed by atoms with Gasteiger partial charge in [-0.3, -0.25) is 0 Å². The Morgan fingerprint density at radius 1 is 0.778 bits per heavy atom. The largest absolute Gasteiger partial charge is 0.501 e. The predicted octanol–water partition coefficient (Wildman–Crippen LogP) is 4.71. The second-order valence-electron chi connectivity index (χ2n) is 5.11. The molecule has 0 saturated heterocycles. The third-order valence-corrected chi connectivity index (χ3v) is 6.22. The Balaban J connectivity index is 4.85. The molecule has 0 atom stereocenters. The van der Waals surface area contributed by atoms with Gasteiger partial charge in [0.2, 0.25) is 0 Å². The Morgan fingerprint density at radius 2 is 1.11 bits per heavy atom. The Hall–Kier alpha value is 1.06. The van der Waals surface area contributed by atoms with Crippen LogP contribution >= 0.6 is 31.9 Å². The molecule has 0 fully saturated rings. The minimum Gasteiger partial charge on any atom is -0.371 e. The summed E-state index contributed by atoms with van der Waals surface area (Å²) in [5, 5.41) is 0. The summed E-state index contributed by atoms with van der Waals surface area (Å²) in [5.74, 6) is 0. The number of rotatable bonds is 9. The molecule has 0 aromatic heterocycles.